The predicted octanol–water partition coefficient (Wildman–Crippen LogP) is 4.52. The number of phenols is 1. The number of para-hydroxylation sites is 1. The van der Waals surface area contributed by atoms with Gasteiger partial charge in [-0.1, -0.05) is 24.3 Å². The fourth-order valence-corrected chi connectivity index (χ4v) is 6.48. The van der Waals surface area contributed by atoms with Gasteiger partial charge in [0.25, 0.3) is 30.3 Å². The molecule has 0 heterocycles. The van der Waals surface area contributed by atoms with Crippen molar-refractivity contribution in [2.75, 3.05) is 10.0 Å². The van der Waals surface area contributed by atoms with E-state index in [2.05, 4.69) is 20.3 Å². The number of nitrogens with one attached hydrogen (secondary N) is 2. The first-order chi connectivity index (χ1) is 19.5. The summed E-state index contributed by atoms with van der Waals surface area (Å²) in [5.41, 5.74) is -0.574. The maximum atomic E-state index is 13.0. The lowest BCUT2D eigenvalue weighted by Crippen LogP contribution is -2.14. The maximum Gasteiger partial charge on any atom is 0.296 e. The van der Waals surface area contributed by atoms with Gasteiger partial charge < -0.3 is 10.4 Å². The normalized spacial score (nSPS) is 12.5. The van der Waals surface area contributed by atoms with Gasteiger partial charge in [-0.2, -0.15) is 21.9 Å². The van der Waals surface area contributed by atoms with Crippen LogP contribution in [0.5, 0.6) is 5.75 Å². The number of aromatic hydroxyl groups is 1. The Kier molecular flexibility index (Phi) is 8.07. The topological polar surface area (TPSA) is 229 Å². The van der Waals surface area contributed by atoms with Gasteiger partial charge in [0.2, 0.25) is 5.91 Å². The number of azo groups is 1. The number of carbonyl (C=O) groups is 1. The van der Waals surface area contributed by atoms with Crippen molar-refractivity contribution in [3.8, 4) is 5.75 Å². The summed E-state index contributed by atoms with van der Waals surface area (Å²) in [4.78, 5) is 9.85. The molecule has 4 aromatic carbocycles. The average molecular weight is 635 g/mol. The molecule has 0 unspecified atom stereocenters. The van der Waals surface area contributed by atoms with Crippen LogP contribution in [0.1, 0.15) is 12.5 Å². The standard InChI is InChI=1S/C25H22N4O10S3/c1-14-8-9-18(12-21(14)40(32,33)29-17-6-4-3-5-7-17)27-28-24-22(42(37,38)39)11-16-10-19(41(34,35)36)13-20(26-15(2)30)23(16)25(24)31/h3-13,29,31H,1-2H3,(H,26,30)(H,34,35,36)(H,37,38,39). The summed E-state index contributed by atoms with van der Waals surface area (Å²) in [6.07, 6.45) is 0. The Morgan fingerprint density at radius 1 is 0.810 bits per heavy atom. The summed E-state index contributed by atoms with van der Waals surface area (Å²) in [5, 5.41) is 20.3. The van der Waals surface area contributed by atoms with Crippen molar-refractivity contribution in [2.24, 2.45) is 10.2 Å². The highest BCUT2D eigenvalue weighted by Crippen LogP contribution is 2.45. The van der Waals surface area contributed by atoms with E-state index in [9.17, 15) is 44.3 Å². The zero-order chi connectivity index (χ0) is 31.0. The van der Waals surface area contributed by atoms with E-state index in [-0.39, 0.29) is 27.0 Å². The van der Waals surface area contributed by atoms with Gasteiger partial charge >= 0.3 is 0 Å². The van der Waals surface area contributed by atoms with Crippen LogP contribution in [0.25, 0.3) is 10.8 Å². The molecule has 0 aromatic heterocycles. The number of rotatable bonds is 8. The van der Waals surface area contributed by atoms with E-state index in [1.165, 1.54) is 19.1 Å². The number of phenolic OH excluding ortho intramolecular Hbond substituents is 1. The Labute approximate surface area is 240 Å². The number of aryl methyl sites for hydroxylation is 1. The van der Waals surface area contributed by atoms with Crippen molar-refractivity contribution in [1.29, 1.82) is 0 Å². The zero-order valence-corrected chi connectivity index (χ0v) is 24.1. The van der Waals surface area contributed by atoms with Crippen LogP contribution in [0.4, 0.5) is 22.7 Å². The maximum absolute atomic E-state index is 13.0. The molecule has 5 N–H and O–H groups in total. The van der Waals surface area contributed by atoms with Gasteiger partial charge in [0, 0.05) is 18.0 Å². The summed E-state index contributed by atoms with van der Waals surface area (Å²) < 4.78 is 95.8. The quantitative estimate of drug-likeness (QED) is 0.134. The fraction of sp³-hybridized carbons (Fsp3) is 0.0800. The second-order valence-electron chi connectivity index (χ2n) is 8.89. The molecule has 42 heavy (non-hydrogen) atoms. The number of nitrogens with zero attached hydrogens (tertiary/aromatic N) is 2. The molecular weight excluding hydrogens is 612 g/mol. The molecule has 220 valence electrons. The zero-order valence-electron chi connectivity index (χ0n) is 21.7. The highest BCUT2D eigenvalue weighted by molar-refractivity contribution is 7.92. The van der Waals surface area contributed by atoms with Crippen molar-refractivity contribution in [2.45, 2.75) is 28.5 Å². The van der Waals surface area contributed by atoms with E-state index in [0.29, 0.717) is 11.3 Å². The number of hydrogen-bond acceptors (Lipinski definition) is 10. The highest BCUT2D eigenvalue weighted by Gasteiger charge is 2.26. The molecule has 0 aliphatic carbocycles. The monoisotopic (exact) mass is 634 g/mol. The van der Waals surface area contributed by atoms with Crippen LogP contribution in [0, 0.1) is 6.92 Å². The molecule has 0 spiro atoms. The number of benzene rings is 4. The van der Waals surface area contributed by atoms with Crippen LogP contribution in [-0.2, 0) is 35.1 Å². The molecule has 0 saturated heterocycles. The van der Waals surface area contributed by atoms with Crippen molar-refractivity contribution in [3.05, 3.63) is 72.3 Å². The van der Waals surface area contributed by atoms with Gasteiger partial charge in [-0.3, -0.25) is 18.6 Å². The van der Waals surface area contributed by atoms with Crippen LogP contribution in [-0.4, -0.2) is 45.4 Å². The Hall–Kier alpha value is -4.42. The van der Waals surface area contributed by atoms with Gasteiger partial charge in [-0.05, 0) is 60.3 Å². The van der Waals surface area contributed by atoms with Crippen molar-refractivity contribution in [1.82, 2.24) is 0 Å². The first-order valence-electron chi connectivity index (χ1n) is 11.6. The lowest BCUT2D eigenvalue weighted by atomic mass is 10.1. The molecule has 4 rings (SSSR count). The van der Waals surface area contributed by atoms with Gasteiger partial charge in [-0.25, -0.2) is 8.42 Å². The fourth-order valence-electron chi connectivity index (χ4n) is 3.95. The van der Waals surface area contributed by atoms with Crippen LogP contribution in [0.15, 0.2) is 91.6 Å². The molecule has 0 radical (unpaired) electrons. The summed E-state index contributed by atoms with van der Waals surface area (Å²) in [7, 11) is -14.1. The number of hydrogen-bond donors (Lipinski definition) is 5. The molecular formula is C25H22N4O10S3. The minimum atomic E-state index is -5.13. The summed E-state index contributed by atoms with van der Waals surface area (Å²) in [5.74, 6) is -1.64. The van der Waals surface area contributed by atoms with Crippen LogP contribution in [0.2, 0.25) is 0 Å². The molecule has 1 amide bonds. The molecule has 17 heteroatoms. The Morgan fingerprint density at radius 3 is 2.07 bits per heavy atom. The second kappa shape index (κ2) is 11.1. The van der Waals surface area contributed by atoms with Crippen molar-refractivity contribution in [3.63, 3.8) is 0 Å². The van der Waals surface area contributed by atoms with Gasteiger partial charge in [0.15, 0.2) is 5.75 Å². The summed E-state index contributed by atoms with van der Waals surface area (Å²) >= 11 is 0. The molecule has 0 aliphatic rings. The largest absolute Gasteiger partial charge is 0.505 e. The molecule has 0 atom stereocenters. The summed E-state index contributed by atoms with van der Waals surface area (Å²) in [6, 6.07) is 14.4. The van der Waals surface area contributed by atoms with E-state index in [1.807, 2.05) is 0 Å². The average Bonchev–Trinajstić information content (AvgIpc) is 2.87. The second-order valence-corrected chi connectivity index (χ2v) is 13.4. The molecule has 14 nitrogen and oxygen atoms in total. The van der Waals surface area contributed by atoms with Crippen molar-refractivity contribution < 1.29 is 44.3 Å². The molecule has 0 fully saturated rings. The third kappa shape index (κ3) is 6.55. The predicted molar refractivity (Wildman–Crippen MR) is 152 cm³/mol. The van der Waals surface area contributed by atoms with E-state index in [4.69, 9.17) is 0 Å². The van der Waals surface area contributed by atoms with E-state index in [1.54, 1.807) is 30.3 Å². The number of carbonyl (C=O) groups excluding carboxylic acids is 1. The van der Waals surface area contributed by atoms with Crippen LogP contribution >= 0.6 is 0 Å². The van der Waals surface area contributed by atoms with Crippen LogP contribution < -0.4 is 10.0 Å². The number of anilines is 2. The Balaban J connectivity index is 1.90. The van der Waals surface area contributed by atoms with Crippen LogP contribution in [0.3, 0.4) is 0 Å². The number of fused-ring (bicyclic) bond motifs is 1. The van der Waals surface area contributed by atoms with Gasteiger partial charge in [0.05, 0.1) is 21.2 Å². The minimum absolute atomic E-state index is 0.0846. The minimum Gasteiger partial charge on any atom is -0.505 e. The van der Waals surface area contributed by atoms with Gasteiger partial charge in [0.1, 0.15) is 10.6 Å². The van der Waals surface area contributed by atoms with E-state index in [0.717, 1.165) is 31.2 Å². The first-order valence-corrected chi connectivity index (χ1v) is 16.0. The van der Waals surface area contributed by atoms with Gasteiger partial charge in [-0.15, -0.1) is 5.11 Å². The third-order valence-corrected chi connectivity index (χ3v) is 8.98. The first kappa shape index (κ1) is 30.5. The lowest BCUT2D eigenvalue weighted by molar-refractivity contribution is -0.114. The Bertz CT molecular complexity index is 2100. The highest BCUT2D eigenvalue weighted by atomic mass is 32.2. The SMILES string of the molecule is CC(=O)Nc1cc(S(=O)(=O)O)cc2cc(S(=O)(=O)O)c(N=Nc3ccc(C)c(S(=O)(=O)Nc4ccccc4)c3)c(O)c12. The number of sulfonamides is 1. The smallest absolute Gasteiger partial charge is 0.296 e. The lowest BCUT2D eigenvalue weighted by Gasteiger charge is -2.14. The molecule has 4 aromatic rings. The van der Waals surface area contributed by atoms with Crippen molar-refractivity contribution >= 4 is 69.7 Å². The molecule has 0 bridgehead atoms. The van der Waals surface area contributed by atoms with E-state index < -0.39 is 57.4 Å². The third-order valence-electron chi connectivity index (χ3n) is 5.76. The summed E-state index contributed by atoms with van der Waals surface area (Å²) in [6.45, 7) is 2.61. The Morgan fingerprint density at radius 2 is 1.48 bits per heavy atom. The molecule has 0 saturated carbocycles. The number of amides is 1. The molecule has 0 aliphatic heterocycles. The van der Waals surface area contributed by atoms with E-state index >= 15 is 0 Å².